The second-order valence-electron chi connectivity index (χ2n) is 8.92. The van der Waals surface area contributed by atoms with Crippen molar-refractivity contribution in [2.45, 2.75) is 70.5 Å². The summed E-state index contributed by atoms with van der Waals surface area (Å²) < 4.78 is 0. The van der Waals surface area contributed by atoms with Crippen molar-refractivity contribution >= 4 is 5.71 Å². The molecule has 0 aliphatic heterocycles. The molecule has 0 aromatic rings. The third kappa shape index (κ3) is 1.77. The Hall–Kier alpha value is -0.870. The van der Waals surface area contributed by atoms with Crippen LogP contribution in [0.3, 0.4) is 0 Å². The summed E-state index contributed by atoms with van der Waals surface area (Å²) in [6.45, 7) is 4.54. The van der Waals surface area contributed by atoms with E-state index in [0.29, 0.717) is 24.2 Å². The number of rotatable bonds is 0. The van der Waals surface area contributed by atoms with Gasteiger partial charge in [-0.25, -0.2) is 0 Å². The predicted octanol–water partition coefficient (Wildman–Crippen LogP) is 2.60. The lowest BCUT2D eigenvalue weighted by atomic mass is 9.44. The van der Waals surface area contributed by atoms with Crippen LogP contribution in [-0.4, -0.2) is 27.6 Å². The van der Waals surface area contributed by atoms with E-state index in [2.05, 4.69) is 25.0 Å². The highest BCUT2D eigenvalue weighted by Gasteiger charge is 2.65. The summed E-state index contributed by atoms with van der Waals surface area (Å²) in [5.41, 5.74) is 0.102. The number of fused-ring (bicyclic) bond motifs is 5. The van der Waals surface area contributed by atoms with Crippen LogP contribution in [0.2, 0.25) is 0 Å². The van der Waals surface area contributed by atoms with Crippen LogP contribution in [0.5, 0.6) is 0 Å². The number of nitrogens with two attached hydrogens (primary N) is 1. The SMILES string of the molecule is C[C@]12CC[C@H]3[C@@H](C[C@@H](O)[C@@]4(O)CC=CC[C@]34C)[C@@H]1CCC2=NN. The van der Waals surface area contributed by atoms with E-state index in [9.17, 15) is 10.2 Å². The maximum atomic E-state index is 11.3. The monoisotopic (exact) mass is 318 g/mol. The zero-order valence-electron chi connectivity index (χ0n) is 14.3. The predicted molar refractivity (Wildman–Crippen MR) is 90.7 cm³/mol. The van der Waals surface area contributed by atoms with Crippen molar-refractivity contribution in [3.63, 3.8) is 0 Å². The van der Waals surface area contributed by atoms with Crippen LogP contribution in [0.1, 0.15) is 58.8 Å². The molecule has 0 heterocycles. The van der Waals surface area contributed by atoms with E-state index < -0.39 is 11.7 Å². The van der Waals surface area contributed by atoms with Crippen molar-refractivity contribution in [3.8, 4) is 0 Å². The van der Waals surface area contributed by atoms with Gasteiger partial charge in [0.05, 0.1) is 11.7 Å². The topological polar surface area (TPSA) is 78.8 Å². The first-order chi connectivity index (χ1) is 10.9. The molecule has 3 fully saturated rings. The number of aliphatic hydroxyl groups is 2. The summed E-state index contributed by atoms with van der Waals surface area (Å²) >= 11 is 0. The molecule has 4 rings (SSSR count). The largest absolute Gasteiger partial charge is 0.390 e. The second kappa shape index (κ2) is 4.82. The number of nitrogens with zero attached hydrogens (tertiary/aromatic N) is 1. The molecule has 0 radical (unpaired) electrons. The smallest absolute Gasteiger partial charge is 0.0998 e. The summed E-state index contributed by atoms with van der Waals surface area (Å²) in [4.78, 5) is 0. The fourth-order valence-corrected chi connectivity index (χ4v) is 6.85. The Morgan fingerprint density at radius 2 is 1.91 bits per heavy atom. The van der Waals surface area contributed by atoms with Gasteiger partial charge in [-0.05, 0) is 62.7 Å². The van der Waals surface area contributed by atoms with Crippen LogP contribution in [-0.2, 0) is 0 Å². The Morgan fingerprint density at radius 3 is 2.65 bits per heavy atom. The number of hydrogen-bond acceptors (Lipinski definition) is 4. The summed E-state index contributed by atoms with van der Waals surface area (Å²) in [5.74, 6) is 7.17. The van der Waals surface area contributed by atoms with Crippen molar-refractivity contribution in [1.29, 1.82) is 0 Å². The molecule has 4 nitrogen and oxygen atoms in total. The Bertz CT molecular complexity index is 574. The van der Waals surface area contributed by atoms with Crippen LogP contribution >= 0.6 is 0 Å². The molecule has 0 saturated heterocycles. The average Bonchev–Trinajstić information content (AvgIpc) is 2.86. The molecular weight excluding hydrogens is 288 g/mol. The normalized spacial score (nSPS) is 57.0. The molecule has 0 unspecified atom stereocenters. The maximum Gasteiger partial charge on any atom is 0.0998 e. The summed E-state index contributed by atoms with van der Waals surface area (Å²) in [6, 6.07) is 0. The van der Waals surface area contributed by atoms with Gasteiger partial charge in [-0.1, -0.05) is 26.0 Å². The van der Waals surface area contributed by atoms with E-state index in [1.165, 1.54) is 5.71 Å². The van der Waals surface area contributed by atoms with Gasteiger partial charge in [0, 0.05) is 16.5 Å². The minimum Gasteiger partial charge on any atom is -0.390 e. The van der Waals surface area contributed by atoms with Crippen molar-refractivity contribution in [2.24, 2.45) is 39.5 Å². The molecule has 4 aliphatic rings. The highest BCUT2D eigenvalue weighted by molar-refractivity contribution is 5.92. The van der Waals surface area contributed by atoms with Crippen molar-refractivity contribution in [1.82, 2.24) is 0 Å². The first-order valence-corrected chi connectivity index (χ1v) is 9.19. The Labute approximate surface area is 138 Å². The molecule has 0 amide bonds. The molecule has 0 aromatic heterocycles. The Balaban J connectivity index is 1.74. The van der Waals surface area contributed by atoms with E-state index in [-0.39, 0.29) is 10.8 Å². The zero-order chi connectivity index (χ0) is 16.5. The number of hydrogen-bond donors (Lipinski definition) is 3. The van der Waals surface area contributed by atoms with Crippen LogP contribution in [0, 0.1) is 28.6 Å². The fraction of sp³-hybridized carbons (Fsp3) is 0.842. The molecule has 0 aromatic carbocycles. The standard InChI is InChI=1S/C19H30N2O2/c1-17-10-7-14-12(13(17)5-6-15(17)21-20)11-16(22)19(23)9-4-3-8-18(14,19)2/h3-4,12-14,16,22-23H,5-11,20H2,1-2H3/t12-,13-,14-,16+,17-,18+,19-/m0/s1. The zero-order valence-corrected chi connectivity index (χ0v) is 14.3. The third-order valence-electron chi connectivity index (χ3n) is 8.33. The van der Waals surface area contributed by atoms with Gasteiger partial charge in [0.2, 0.25) is 0 Å². The molecule has 7 atom stereocenters. The van der Waals surface area contributed by atoms with E-state index in [0.717, 1.165) is 38.5 Å². The molecule has 4 aliphatic carbocycles. The average molecular weight is 318 g/mol. The quantitative estimate of drug-likeness (QED) is 0.365. The van der Waals surface area contributed by atoms with E-state index >= 15 is 0 Å². The number of hydrazone groups is 1. The van der Waals surface area contributed by atoms with Crippen molar-refractivity contribution < 1.29 is 10.2 Å². The van der Waals surface area contributed by atoms with Crippen LogP contribution in [0.25, 0.3) is 0 Å². The van der Waals surface area contributed by atoms with Crippen LogP contribution in [0.15, 0.2) is 17.3 Å². The van der Waals surface area contributed by atoms with Gasteiger partial charge in [-0.15, -0.1) is 0 Å². The van der Waals surface area contributed by atoms with Gasteiger partial charge in [0.15, 0.2) is 0 Å². The lowest BCUT2D eigenvalue weighted by molar-refractivity contribution is -0.234. The Kier molecular flexibility index (Phi) is 3.28. The van der Waals surface area contributed by atoms with Crippen molar-refractivity contribution in [3.05, 3.63) is 12.2 Å². The molecule has 4 heteroatoms. The lowest BCUT2D eigenvalue weighted by Gasteiger charge is -2.63. The highest BCUT2D eigenvalue weighted by Crippen LogP contribution is 2.65. The third-order valence-corrected chi connectivity index (χ3v) is 8.33. The summed E-state index contributed by atoms with van der Waals surface area (Å²) in [6.07, 6.45) is 10.2. The first-order valence-electron chi connectivity index (χ1n) is 9.19. The number of allylic oxidation sites excluding steroid dienone is 1. The second-order valence-corrected chi connectivity index (χ2v) is 8.92. The Morgan fingerprint density at radius 1 is 1.17 bits per heavy atom. The van der Waals surface area contributed by atoms with Gasteiger partial charge < -0.3 is 16.1 Å². The minimum atomic E-state index is -0.958. The summed E-state index contributed by atoms with van der Waals surface area (Å²) in [7, 11) is 0. The van der Waals surface area contributed by atoms with Crippen LogP contribution in [0.4, 0.5) is 0 Å². The van der Waals surface area contributed by atoms with Crippen LogP contribution < -0.4 is 5.84 Å². The van der Waals surface area contributed by atoms with Gasteiger partial charge in [0.25, 0.3) is 0 Å². The van der Waals surface area contributed by atoms with Gasteiger partial charge in [-0.3, -0.25) is 0 Å². The lowest BCUT2D eigenvalue weighted by Crippen LogP contribution is -2.66. The van der Waals surface area contributed by atoms with Gasteiger partial charge in [0.1, 0.15) is 0 Å². The molecule has 23 heavy (non-hydrogen) atoms. The highest BCUT2D eigenvalue weighted by atomic mass is 16.3. The van der Waals surface area contributed by atoms with Gasteiger partial charge in [-0.2, -0.15) is 5.10 Å². The molecule has 4 N–H and O–H groups in total. The molecule has 128 valence electrons. The van der Waals surface area contributed by atoms with E-state index in [1.807, 2.05) is 6.08 Å². The van der Waals surface area contributed by atoms with E-state index in [1.54, 1.807) is 0 Å². The van der Waals surface area contributed by atoms with Gasteiger partial charge >= 0.3 is 0 Å². The molecular formula is C19H30N2O2. The fourth-order valence-electron chi connectivity index (χ4n) is 6.85. The minimum absolute atomic E-state index is 0.103. The maximum absolute atomic E-state index is 11.3. The molecule has 0 spiro atoms. The van der Waals surface area contributed by atoms with E-state index in [4.69, 9.17) is 5.84 Å². The first kappa shape index (κ1) is 15.6. The van der Waals surface area contributed by atoms with Crippen molar-refractivity contribution in [2.75, 3.05) is 0 Å². The number of aliphatic hydroxyl groups excluding tert-OH is 1. The molecule has 3 saturated carbocycles. The summed E-state index contributed by atoms with van der Waals surface area (Å²) in [5, 5.41) is 26.3. The molecule has 0 bridgehead atoms.